The van der Waals surface area contributed by atoms with Gasteiger partial charge in [0.1, 0.15) is 11.7 Å². The van der Waals surface area contributed by atoms with Gasteiger partial charge in [-0.15, -0.1) is 0 Å². The number of carbonyl (C=O) groups is 2. The second kappa shape index (κ2) is 10.8. The van der Waals surface area contributed by atoms with Crippen molar-refractivity contribution in [1.29, 1.82) is 0 Å². The molecule has 0 bridgehead atoms. The van der Waals surface area contributed by atoms with E-state index in [-0.39, 0.29) is 45.5 Å². The molecule has 0 saturated heterocycles. The van der Waals surface area contributed by atoms with Crippen LogP contribution in [0.3, 0.4) is 0 Å². The molecule has 2 aromatic carbocycles. The Labute approximate surface area is 215 Å². The fourth-order valence-corrected chi connectivity index (χ4v) is 4.60. The number of hydrogen-bond acceptors (Lipinski definition) is 4. The number of Topliss-reactive ketones (excluding diaryl/α,β-unsaturated/α-hetero) is 1. The molecular weight excluding hydrogens is 511 g/mol. The highest BCUT2D eigenvalue weighted by molar-refractivity contribution is 6.31. The Balaban J connectivity index is 1.66. The summed E-state index contributed by atoms with van der Waals surface area (Å²) in [4.78, 5) is 24.4. The molecule has 0 radical (unpaired) electrons. The Morgan fingerprint density at radius 2 is 1.84 bits per heavy atom. The lowest BCUT2D eigenvalue weighted by Crippen LogP contribution is -2.36. The summed E-state index contributed by atoms with van der Waals surface area (Å²) < 4.78 is 45.4. The van der Waals surface area contributed by atoms with Crippen LogP contribution in [0.25, 0.3) is 11.1 Å². The molecular formula is C27H23ClF3NO5. The number of benzene rings is 2. The van der Waals surface area contributed by atoms with E-state index in [1.165, 1.54) is 24.3 Å². The fourth-order valence-electron chi connectivity index (χ4n) is 4.44. The first-order valence-corrected chi connectivity index (χ1v) is 11.9. The Morgan fingerprint density at radius 1 is 1.16 bits per heavy atom. The lowest BCUT2D eigenvalue weighted by molar-refractivity contribution is -0.614. The first-order valence-electron chi connectivity index (χ1n) is 11.6. The Kier molecular flexibility index (Phi) is 7.73. The molecule has 1 N–H and O–H groups in total. The minimum atomic E-state index is -3.22. The van der Waals surface area contributed by atoms with E-state index in [0.29, 0.717) is 22.6 Å². The fraction of sp³-hybridized carbons (Fsp3) is 0.296. The van der Waals surface area contributed by atoms with E-state index < -0.39 is 30.1 Å². The van der Waals surface area contributed by atoms with Crippen molar-refractivity contribution in [3.05, 3.63) is 87.6 Å². The van der Waals surface area contributed by atoms with E-state index in [2.05, 4.69) is 11.7 Å². The van der Waals surface area contributed by atoms with Crippen molar-refractivity contribution in [2.75, 3.05) is 0 Å². The second-order valence-electron chi connectivity index (χ2n) is 9.19. The molecule has 6 nitrogen and oxygen atoms in total. The van der Waals surface area contributed by atoms with Crippen molar-refractivity contribution in [1.82, 2.24) is 0 Å². The average Bonchev–Trinajstić information content (AvgIpc) is 3.54. The number of carbonyl (C=O) groups excluding carboxylic acids is 1. The quantitative estimate of drug-likeness (QED) is 0.254. The average molecular weight is 534 g/mol. The largest absolute Gasteiger partial charge is 0.618 e. The van der Waals surface area contributed by atoms with Crippen LogP contribution < -0.4 is 9.47 Å². The molecule has 1 aliphatic carbocycles. The third kappa shape index (κ3) is 6.05. The van der Waals surface area contributed by atoms with E-state index in [1.807, 2.05) is 0 Å². The van der Waals surface area contributed by atoms with E-state index >= 15 is 0 Å². The summed E-state index contributed by atoms with van der Waals surface area (Å²) in [5.41, 5.74) is 0.420. The zero-order valence-electron chi connectivity index (χ0n) is 19.7. The van der Waals surface area contributed by atoms with Crippen molar-refractivity contribution in [2.45, 2.75) is 38.7 Å². The number of carboxylic acid groups (broad SMARTS) is 1. The first-order chi connectivity index (χ1) is 17.5. The van der Waals surface area contributed by atoms with Crippen molar-refractivity contribution in [3.63, 3.8) is 0 Å². The maximum atomic E-state index is 14.8. The Morgan fingerprint density at radius 3 is 2.41 bits per heavy atom. The summed E-state index contributed by atoms with van der Waals surface area (Å²) in [7, 11) is 0. The highest BCUT2D eigenvalue weighted by Gasteiger charge is 2.39. The number of rotatable bonds is 10. The smallest absolute Gasteiger partial charge is 0.387 e. The number of carboxylic acids is 1. The van der Waals surface area contributed by atoms with Gasteiger partial charge in [-0.25, -0.2) is 9.18 Å². The van der Waals surface area contributed by atoms with Crippen LogP contribution in [0, 0.1) is 22.9 Å². The normalized spacial score (nSPS) is 17.5. The molecule has 1 heterocycles. The number of ketones is 1. The molecule has 0 amide bonds. The van der Waals surface area contributed by atoms with Crippen molar-refractivity contribution in [3.8, 4) is 16.9 Å². The van der Waals surface area contributed by atoms with Gasteiger partial charge in [0.25, 0.3) is 0 Å². The summed E-state index contributed by atoms with van der Waals surface area (Å²) in [6, 6.07) is 10.8. The third-order valence-corrected chi connectivity index (χ3v) is 6.94. The van der Waals surface area contributed by atoms with Gasteiger partial charge in [-0.3, -0.25) is 4.79 Å². The van der Waals surface area contributed by atoms with Crippen LogP contribution in [0.4, 0.5) is 13.2 Å². The van der Waals surface area contributed by atoms with Crippen LogP contribution in [0.5, 0.6) is 5.75 Å². The SMILES string of the molecule is C[C@H]1C[C@@H]1C[C@@H](C(=O)Cc1ccc(C(=O)O)cc1)c1ccc(-c2c(OC(F)F)ccc(Cl)c2F)c[n+]1[O-]. The van der Waals surface area contributed by atoms with Crippen LogP contribution in [-0.2, 0) is 11.2 Å². The van der Waals surface area contributed by atoms with Gasteiger partial charge in [0.2, 0.25) is 5.69 Å². The maximum absolute atomic E-state index is 14.8. The van der Waals surface area contributed by atoms with Crippen LogP contribution in [-0.4, -0.2) is 23.5 Å². The molecule has 1 aliphatic rings. The predicted octanol–water partition coefficient (Wildman–Crippen LogP) is 6.02. The molecule has 0 unspecified atom stereocenters. The molecule has 0 spiro atoms. The molecule has 4 rings (SSSR count). The van der Waals surface area contributed by atoms with Crippen LogP contribution in [0.2, 0.25) is 5.02 Å². The molecule has 0 aliphatic heterocycles. The van der Waals surface area contributed by atoms with Crippen LogP contribution in [0.15, 0.2) is 54.7 Å². The molecule has 3 aromatic rings. The summed E-state index contributed by atoms with van der Waals surface area (Å²) in [6.07, 6.45) is 2.37. The van der Waals surface area contributed by atoms with Crippen molar-refractivity contribution >= 4 is 23.4 Å². The van der Waals surface area contributed by atoms with Gasteiger partial charge in [0.05, 0.1) is 21.7 Å². The van der Waals surface area contributed by atoms with Gasteiger partial charge in [-0.2, -0.15) is 13.5 Å². The van der Waals surface area contributed by atoms with Gasteiger partial charge in [-0.1, -0.05) is 30.7 Å². The minimum absolute atomic E-state index is 0.0112. The molecule has 3 atom stereocenters. The van der Waals surface area contributed by atoms with Crippen molar-refractivity contribution < 1.29 is 37.3 Å². The zero-order valence-corrected chi connectivity index (χ0v) is 20.4. The maximum Gasteiger partial charge on any atom is 0.387 e. The summed E-state index contributed by atoms with van der Waals surface area (Å²) in [5, 5.41) is 21.8. The van der Waals surface area contributed by atoms with Gasteiger partial charge >= 0.3 is 12.6 Å². The molecule has 1 aromatic heterocycles. The lowest BCUT2D eigenvalue weighted by atomic mass is 9.88. The standard InChI is InChI=1S/C27H23ClF3NO5/c1-14-10-18(14)12-19(22(33)11-15-2-4-16(5-3-15)26(34)35)21-8-6-17(13-32(21)36)24-23(37-27(30)31)9-7-20(28)25(24)29/h2-9,13-14,18-19,27H,10-12H2,1H3,(H,34,35)/t14-,18+,19+/m0/s1. The lowest BCUT2D eigenvalue weighted by Gasteiger charge is -2.17. The number of aromatic nitrogens is 1. The molecule has 1 fully saturated rings. The summed E-state index contributed by atoms with van der Waals surface area (Å²) in [6.45, 7) is -1.16. The molecule has 1 saturated carbocycles. The first kappa shape index (κ1) is 26.5. The van der Waals surface area contributed by atoms with Gasteiger partial charge in [0.15, 0.2) is 17.8 Å². The number of alkyl halides is 2. The molecule has 37 heavy (non-hydrogen) atoms. The summed E-state index contributed by atoms with van der Waals surface area (Å²) in [5.74, 6) is -2.88. The van der Waals surface area contributed by atoms with E-state index in [4.69, 9.17) is 16.7 Å². The predicted molar refractivity (Wildman–Crippen MR) is 129 cm³/mol. The Bertz CT molecular complexity index is 1330. The number of aromatic carboxylic acids is 1. The number of halogens is 4. The van der Waals surface area contributed by atoms with Crippen LogP contribution in [0.1, 0.15) is 47.3 Å². The topological polar surface area (TPSA) is 90.5 Å². The summed E-state index contributed by atoms with van der Waals surface area (Å²) >= 11 is 5.84. The van der Waals surface area contributed by atoms with Gasteiger partial charge in [-0.05, 0) is 60.6 Å². The monoisotopic (exact) mass is 533 g/mol. The zero-order chi connectivity index (χ0) is 26.9. The minimum Gasteiger partial charge on any atom is -0.618 e. The molecule has 194 valence electrons. The third-order valence-electron chi connectivity index (χ3n) is 6.65. The number of hydrogen-bond donors (Lipinski definition) is 1. The van der Waals surface area contributed by atoms with E-state index in [9.17, 15) is 28.0 Å². The van der Waals surface area contributed by atoms with Crippen LogP contribution >= 0.6 is 11.6 Å². The Hall–Kier alpha value is -3.59. The van der Waals surface area contributed by atoms with Gasteiger partial charge < -0.3 is 15.1 Å². The number of ether oxygens (including phenoxy) is 1. The van der Waals surface area contributed by atoms with Gasteiger partial charge in [0, 0.05) is 12.5 Å². The van der Waals surface area contributed by atoms with E-state index in [0.717, 1.165) is 24.8 Å². The number of nitrogens with zero attached hydrogens (tertiary/aromatic N) is 1. The highest BCUT2D eigenvalue weighted by atomic mass is 35.5. The highest BCUT2D eigenvalue weighted by Crippen LogP contribution is 2.45. The number of pyridine rings is 1. The second-order valence-corrected chi connectivity index (χ2v) is 9.60. The van der Waals surface area contributed by atoms with Crippen molar-refractivity contribution in [2.24, 2.45) is 11.8 Å². The molecule has 10 heteroatoms. The van der Waals surface area contributed by atoms with E-state index in [1.54, 1.807) is 12.1 Å².